The number of carboxylic acid groups (broad SMARTS) is 1. The summed E-state index contributed by atoms with van der Waals surface area (Å²) >= 11 is 0. The molecule has 1 saturated heterocycles. The van der Waals surface area contributed by atoms with Gasteiger partial charge < -0.3 is 30.9 Å². The Balaban J connectivity index is 2.29. The van der Waals surface area contributed by atoms with Gasteiger partial charge in [-0.05, 0) is 6.42 Å². The summed E-state index contributed by atoms with van der Waals surface area (Å²) in [5.74, 6) is -1.84. The summed E-state index contributed by atoms with van der Waals surface area (Å²) in [4.78, 5) is 33.1. The van der Waals surface area contributed by atoms with Gasteiger partial charge in [-0.25, -0.2) is 9.59 Å². The average Bonchev–Trinajstić information content (AvgIpc) is 2.41. The van der Waals surface area contributed by atoms with Gasteiger partial charge >= 0.3 is 12.0 Å². The molecular weight excluding hydrogens is 270 g/mol. The normalized spacial score (nSPS) is 19.9. The van der Waals surface area contributed by atoms with E-state index in [-0.39, 0.29) is 25.5 Å². The topological polar surface area (TPSA) is 140 Å². The number of primary amides is 1. The maximum Gasteiger partial charge on any atom is 0.326 e. The molecular formula is C11H19N3O6. The first-order valence-electron chi connectivity index (χ1n) is 6.24. The van der Waals surface area contributed by atoms with Crippen molar-refractivity contribution in [1.29, 1.82) is 0 Å². The molecule has 3 amide bonds. The molecule has 1 rings (SSSR count). The van der Waals surface area contributed by atoms with Crippen LogP contribution >= 0.6 is 0 Å². The minimum absolute atomic E-state index is 0.0544. The summed E-state index contributed by atoms with van der Waals surface area (Å²) in [5.41, 5.74) is 4.94. The molecule has 9 nitrogen and oxygen atoms in total. The lowest BCUT2D eigenvalue weighted by Gasteiger charge is -2.23. The van der Waals surface area contributed by atoms with Crippen molar-refractivity contribution < 1.29 is 29.0 Å². The van der Waals surface area contributed by atoms with Gasteiger partial charge in [-0.2, -0.15) is 0 Å². The monoisotopic (exact) mass is 289 g/mol. The van der Waals surface area contributed by atoms with E-state index in [1.807, 2.05) is 0 Å². The molecule has 2 atom stereocenters. The van der Waals surface area contributed by atoms with Crippen molar-refractivity contribution >= 4 is 17.9 Å². The third-order valence-electron chi connectivity index (χ3n) is 2.66. The third-order valence-corrected chi connectivity index (χ3v) is 2.66. The van der Waals surface area contributed by atoms with E-state index in [4.69, 9.17) is 20.3 Å². The minimum Gasteiger partial charge on any atom is -0.480 e. The standard InChI is InChI=1S/C11H19N3O6/c12-9(15)2-1-8(10(16)17)14-11(18)13-5-7-6-19-3-4-20-7/h7-8H,1-6H2,(H2,12,15)(H,16,17)(H2,13,14,18)/t7?,8-/m0/s1. The van der Waals surface area contributed by atoms with Crippen LogP contribution in [0.2, 0.25) is 0 Å². The highest BCUT2D eigenvalue weighted by atomic mass is 16.6. The predicted octanol–water partition coefficient (Wildman–Crippen LogP) is -1.58. The fraction of sp³-hybridized carbons (Fsp3) is 0.727. The lowest BCUT2D eigenvalue weighted by molar-refractivity contribution is -0.139. The number of hydrogen-bond donors (Lipinski definition) is 4. The Kier molecular flexibility index (Phi) is 6.74. The van der Waals surface area contributed by atoms with Crippen molar-refractivity contribution in [3.63, 3.8) is 0 Å². The van der Waals surface area contributed by atoms with Gasteiger partial charge in [0.25, 0.3) is 0 Å². The van der Waals surface area contributed by atoms with Crippen molar-refractivity contribution in [2.75, 3.05) is 26.4 Å². The fourth-order valence-electron chi connectivity index (χ4n) is 1.61. The summed E-state index contributed by atoms with van der Waals surface area (Å²) in [7, 11) is 0. The maximum absolute atomic E-state index is 11.5. The summed E-state index contributed by atoms with van der Waals surface area (Å²) < 4.78 is 10.5. The van der Waals surface area contributed by atoms with Gasteiger partial charge in [0.05, 0.1) is 25.9 Å². The number of hydrogen-bond acceptors (Lipinski definition) is 5. The van der Waals surface area contributed by atoms with Crippen molar-refractivity contribution in [2.24, 2.45) is 5.73 Å². The molecule has 20 heavy (non-hydrogen) atoms. The number of carbonyl (C=O) groups is 3. The number of nitrogens with two attached hydrogens (primary N) is 1. The molecule has 114 valence electrons. The second-order valence-corrected chi connectivity index (χ2v) is 4.32. The van der Waals surface area contributed by atoms with Crippen LogP contribution in [0.5, 0.6) is 0 Å². The smallest absolute Gasteiger partial charge is 0.326 e. The molecule has 1 aliphatic rings. The number of aliphatic carboxylic acids is 1. The molecule has 9 heteroatoms. The van der Waals surface area contributed by atoms with E-state index in [0.717, 1.165) is 0 Å². The van der Waals surface area contributed by atoms with Crippen LogP contribution in [0.1, 0.15) is 12.8 Å². The van der Waals surface area contributed by atoms with Crippen molar-refractivity contribution in [3.8, 4) is 0 Å². The molecule has 0 aromatic heterocycles. The van der Waals surface area contributed by atoms with Gasteiger partial charge in [0, 0.05) is 13.0 Å². The quantitative estimate of drug-likeness (QED) is 0.446. The molecule has 1 fully saturated rings. The number of amides is 3. The van der Waals surface area contributed by atoms with Crippen LogP contribution < -0.4 is 16.4 Å². The van der Waals surface area contributed by atoms with Gasteiger partial charge in [0.15, 0.2) is 0 Å². The Hall–Kier alpha value is -1.87. The molecule has 0 bridgehead atoms. The Labute approximate surface area is 115 Å². The zero-order valence-corrected chi connectivity index (χ0v) is 11.0. The van der Waals surface area contributed by atoms with Crippen LogP contribution in [0.3, 0.4) is 0 Å². The average molecular weight is 289 g/mol. The van der Waals surface area contributed by atoms with E-state index >= 15 is 0 Å². The Morgan fingerprint density at radius 1 is 1.35 bits per heavy atom. The number of ether oxygens (including phenoxy) is 2. The highest BCUT2D eigenvalue weighted by Gasteiger charge is 2.21. The zero-order chi connectivity index (χ0) is 15.0. The van der Waals surface area contributed by atoms with Crippen LogP contribution in [0.25, 0.3) is 0 Å². The lowest BCUT2D eigenvalue weighted by atomic mass is 10.1. The predicted molar refractivity (Wildman–Crippen MR) is 66.9 cm³/mol. The van der Waals surface area contributed by atoms with Crippen molar-refractivity contribution in [2.45, 2.75) is 25.0 Å². The summed E-state index contributed by atoms with van der Waals surface area (Å²) in [6.07, 6.45) is -0.416. The van der Waals surface area contributed by atoms with E-state index < -0.39 is 23.9 Å². The molecule has 0 aromatic rings. The van der Waals surface area contributed by atoms with Gasteiger partial charge in [0.2, 0.25) is 5.91 Å². The number of rotatable bonds is 7. The van der Waals surface area contributed by atoms with Crippen LogP contribution in [-0.2, 0) is 19.1 Å². The van der Waals surface area contributed by atoms with Gasteiger partial charge in [-0.3, -0.25) is 4.79 Å². The molecule has 0 aromatic carbocycles. The summed E-state index contributed by atoms with van der Waals surface area (Å²) in [6, 6.07) is -1.80. The zero-order valence-electron chi connectivity index (χ0n) is 11.0. The Morgan fingerprint density at radius 2 is 2.10 bits per heavy atom. The lowest BCUT2D eigenvalue weighted by Crippen LogP contribution is -2.49. The highest BCUT2D eigenvalue weighted by molar-refractivity contribution is 5.83. The highest BCUT2D eigenvalue weighted by Crippen LogP contribution is 2.00. The van der Waals surface area contributed by atoms with E-state index in [1.165, 1.54) is 0 Å². The largest absolute Gasteiger partial charge is 0.480 e. The number of carboxylic acids is 1. The Bertz CT molecular complexity index is 356. The Morgan fingerprint density at radius 3 is 2.65 bits per heavy atom. The number of urea groups is 1. The van der Waals surface area contributed by atoms with E-state index in [0.29, 0.717) is 19.8 Å². The van der Waals surface area contributed by atoms with Crippen molar-refractivity contribution in [3.05, 3.63) is 0 Å². The van der Waals surface area contributed by atoms with Crippen LogP contribution in [-0.4, -0.2) is 61.5 Å². The van der Waals surface area contributed by atoms with Gasteiger partial charge in [-0.1, -0.05) is 0 Å². The first-order valence-corrected chi connectivity index (χ1v) is 6.24. The van der Waals surface area contributed by atoms with Crippen LogP contribution in [0, 0.1) is 0 Å². The molecule has 0 saturated carbocycles. The molecule has 1 heterocycles. The van der Waals surface area contributed by atoms with E-state index in [1.54, 1.807) is 0 Å². The molecule has 1 unspecified atom stereocenters. The van der Waals surface area contributed by atoms with Gasteiger partial charge in [0.1, 0.15) is 6.04 Å². The second kappa shape index (κ2) is 8.33. The molecule has 0 spiro atoms. The maximum atomic E-state index is 11.5. The summed E-state index contributed by atoms with van der Waals surface area (Å²) in [5, 5.41) is 13.7. The van der Waals surface area contributed by atoms with E-state index in [9.17, 15) is 14.4 Å². The van der Waals surface area contributed by atoms with E-state index in [2.05, 4.69) is 10.6 Å². The molecule has 0 aliphatic carbocycles. The minimum atomic E-state index is -1.22. The fourth-order valence-corrected chi connectivity index (χ4v) is 1.61. The summed E-state index contributed by atoms with van der Waals surface area (Å²) in [6.45, 7) is 1.58. The third kappa shape index (κ3) is 6.34. The molecule has 0 radical (unpaired) electrons. The SMILES string of the molecule is NC(=O)CC[C@H](NC(=O)NCC1COCCO1)C(=O)O. The molecule has 5 N–H and O–H groups in total. The van der Waals surface area contributed by atoms with Crippen LogP contribution in [0.4, 0.5) is 4.79 Å². The van der Waals surface area contributed by atoms with Crippen LogP contribution in [0.15, 0.2) is 0 Å². The van der Waals surface area contributed by atoms with Crippen molar-refractivity contribution in [1.82, 2.24) is 10.6 Å². The first kappa shape index (κ1) is 16.2. The second-order valence-electron chi connectivity index (χ2n) is 4.32. The first-order chi connectivity index (χ1) is 9.49. The number of carbonyl (C=O) groups excluding carboxylic acids is 2. The number of nitrogens with one attached hydrogen (secondary N) is 2. The van der Waals surface area contributed by atoms with Gasteiger partial charge in [-0.15, -0.1) is 0 Å². The molecule has 1 aliphatic heterocycles.